The van der Waals surface area contributed by atoms with Crippen LogP contribution in [0.3, 0.4) is 0 Å². The molecule has 0 bridgehead atoms. The maximum atomic E-state index is 13.8. The minimum atomic E-state index is -0.361. The van der Waals surface area contributed by atoms with Crippen molar-refractivity contribution in [2.75, 3.05) is 26.3 Å². The van der Waals surface area contributed by atoms with Gasteiger partial charge in [-0.25, -0.2) is 9.38 Å². The Labute approximate surface area is 190 Å². The van der Waals surface area contributed by atoms with Gasteiger partial charge in [-0.05, 0) is 49.9 Å². The van der Waals surface area contributed by atoms with Crippen LogP contribution in [0.25, 0.3) is 0 Å². The monoisotopic (exact) mass is 443 g/mol. The number of rotatable bonds is 10. The van der Waals surface area contributed by atoms with Gasteiger partial charge in [0.2, 0.25) is 0 Å². The first-order valence-corrected chi connectivity index (χ1v) is 11.3. The molecule has 0 aromatic heterocycles. The number of hydrogen-bond acceptors (Lipinski definition) is 4. The zero-order chi connectivity index (χ0) is 22.6. The van der Waals surface area contributed by atoms with E-state index < -0.39 is 0 Å². The van der Waals surface area contributed by atoms with Crippen LogP contribution in [0, 0.1) is 5.82 Å². The van der Waals surface area contributed by atoms with Crippen LogP contribution in [0.15, 0.2) is 53.5 Å². The fraction of sp³-hybridized carbons (Fsp3) is 0.480. The van der Waals surface area contributed by atoms with E-state index in [1.165, 1.54) is 6.07 Å². The molecule has 2 N–H and O–H groups in total. The summed E-state index contributed by atoms with van der Waals surface area (Å²) < 4.78 is 30.9. The number of para-hydroxylation sites is 1. The van der Waals surface area contributed by atoms with E-state index in [-0.39, 0.29) is 23.8 Å². The second-order valence-electron chi connectivity index (χ2n) is 7.88. The molecule has 2 aromatic rings. The zero-order valence-electron chi connectivity index (χ0n) is 19.0. The van der Waals surface area contributed by atoms with Crippen LogP contribution in [0.4, 0.5) is 4.39 Å². The van der Waals surface area contributed by atoms with Crippen LogP contribution < -0.4 is 15.4 Å². The first kappa shape index (κ1) is 24.0. The lowest BCUT2D eigenvalue weighted by Gasteiger charge is -2.22. The third-order valence-corrected chi connectivity index (χ3v) is 5.13. The quantitative estimate of drug-likeness (QED) is 0.429. The molecule has 3 rings (SSSR count). The fourth-order valence-electron chi connectivity index (χ4n) is 3.43. The van der Waals surface area contributed by atoms with E-state index in [4.69, 9.17) is 14.2 Å². The van der Waals surface area contributed by atoms with E-state index in [2.05, 4.69) is 33.8 Å². The van der Waals surface area contributed by atoms with Crippen molar-refractivity contribution in [2.45, 2.75) is 52.0 Å². The highest BCUT2D eigenvalue weighted by atomic mass is 19.1. The van der Waals surface area contributed by atoms with Crippen molar-refractivity contribution < 1.29 is 18.6 Å². The largest absolute Gasteiger partial charge is 0.486 e. The van der Waals surface area contributed by atoms with Crippen molar-refractivity contribution in [3.63, 3.8) is 0 Å². The van der Waals surface area contributed by atoms with Gasteiger partial charge in [0.15, 0.2) is 17.5 Å². The Morgan fingerprint density at radius 3 is 2.69 bits per heavy atom. The highest BCUT2D eigenvalue weighted by Gasteiger charge is 2.14. The van der Waals surface area contributed by atoms with E-state index in [0.717, 1.165) is 43.7 Å². The van der Waals surface area contributed by atoms with Crippen LogP contribution in [-0.2, 0) is 22.6 Å². The molecule has 1 aliphatic rings. The summed E-state index contributed by atoms with van der Waals surface area (Å²) in [5.41, 5.74) is 2.26. The summed E-state index contributed by atoms with van der Waals surface area (Å²) in [6.45, 7) is 7.86. The summed E-state index contributed by atoms with van der Waals surface area (Å²) in [4.78, 5) is 4.68. The molecule has 2 aromatic carbocycles. The van der Waals surface area contributed by atoms with Crippen LogP contribution in [-0.4, -0.2) is 44.5 Å². The molecule has 0 aliphatic carbocycles. The Morgan fingerprint density at radius 1 is 1.12 bits per heavy atom. The van der Waals surface area contributed by atoms with Gasteiger partial charge in [0.1, 0.15) is 6.10 Å². The van der Waals surface area contributed by atoms with Gasteiger partial charge in [0, 0.05) is 19.8 Å². The highest BCUT2D eigenvalue weighted by molar-refractivity contribution is 5.79. The van der Waals surface area contributed by atoms with Gasteiger partial charge in [-0.15, -0.1) is 0 Å². The molecule has 0 spiro atoms. The second kappa shape index (κ2) is 13.0. The first-order chi connectivity index (χ1) is 15.6. The number of aliphatic imine (C=N–C) groups is 1. The molecule has 1 aliphatic heterocycles. The molecule has 0 radical (unpaired) electrons. The molecule has 32 heavy (non-hydrogen) atoms. The maximum Gasteiger partial charge on any atom is 0.191 e. The number of nitrogens with one attached hydrogen (secondary N) is 2. The van der Waals surface area contributed by atoms with Gasteiger partial charge in [0.05, 0.1) is 25.8 Å². The minimum absolute atomic E-state index is 0.221. The summed E-state index contributed by atoms with van der Waals surface area (Å²) in [7, 11) is 0. The Bertz CT molecular complexity index is 856. The number of ether oxygens (including phenoxy) is 3. The van der Waals surface area contributed by atoms with Crippen molar-refractivity contribution >= 4 is 5.96 Å². The molecule has 1 saturated heterocycles. The van der Waals surface area contributed by atoms with Gasteiger partial charge in [-0.3, -0.25) is 0 Å². The molecular formula is C25H34FN3O3. The zero-order valence-corrected chi connectivity index (χ0v) is 19.0. The minimum Gasteiger partial charge on any atom is -0.486 e. The van der Waals surface area contributed by atoms with E-state index in [9.17, 15) is 4.39 Å². The number of halogens is 1. The third-order valence-electron chi connectivity index (χ3n) is 5.13. The first-order valence-electron chi connectivity index (χ1n) is 11.3. The molecule has 1 fully saturated rings. The Morgan fingerprint density at radius 2 is 1.91 bits per heavy atom. The molecule has 0 saturated carbocycles. The van der Waals surface area contributed by atoms with Crippen LogP contribution in [0.5, 0.6) is 5.75 Å². The molecule has 1 unspecified atom stereocenters. The summed E-state index contributed by atoms with van der Waals surface area (Å²) >= 11 is 0. The maximum absolute atomic E-state index is 13.8. The highest BCUT2D eigenvalue weighted by Crippen LogP contribution is 2.17. The molecule has 7 heteroatoms. The number of nitrogens with zero attached hydrogens (tertiary/aromatic N) is 1. The SMILES string of the molecule is CCNC(=NCc1cccc(COC2CCOCC2)c1)NCC(C)Oc1ccccc1F. The number of hydrogen-bond donors (Lipinski definition) is 2. The Kier molecular flexibility index (Phi) is 9.78. The van der Waals surface area contributed by atoms with E-state index >= 15 is 0 Å². The standard InChI is InChI=1S/C25H34FN3O3/c1-3-27-25(28-16-19(2)32-24-10-5-4-9-23(24)26)29-17-20-7-6-8-21(15-20)18-31-22-11-13-30-14-12-22/h4-10,15,19,22H,3,11-14,16-18H2,1-2H3,(H2,27,28,29). The van der Waals surface area contributed by atoms with Gasteiger partial charge in [-0.1, -0.05) is 36.4 Å². The summed E-state index contributed by atoms with van der Waals surface area (Å²) in [5, 5.41) is 6.51. The van der Waals surface area contributed by atoms with Crippen molar-refractivity contribution in [2.24, 2.45) is 4.99 Å². The van der Waals surface area contributed by atoms with Gasteiger partial charge >= 0.3 is 0 Å². The molecule has 1 heterocycles. The topological polar surface area (TPSA) is 64.1 Å². The molecule has 174 valence electrons. The molecular weight excluding hydrogens is 409 g/mol. The number of guanidine groups is 1. The lowest BCUT2D eigenvalue weighted by molar-refractivity contribution is -0.0390. The average molecular weight is 444 g/mol. The van der Waals surface area contributed by atoms with Crippen molar-refractivity contribution in [3.05, 3.63) is 65.5 Å². The van der Waals surface area contributed by atoms with E-state index in [1.807, 2.05) is 19.9 Å². The van der Waals surface area contributed by atoms with E-state index in [0.29, 0.717) is 25.7 Å². The summed E-state index contributed by atoms with van der Waals surface area (Å²) in [5.74, 6) is 0.587. The Hall–Kier alpha value is -2.64. The lowest BCUT2D eigenvalue weighted by Crippen LogP contribution is -2.41. The second-order valence-corrected chi connectivity index (χ2v) is 7.88. The summed E-state index contributed by atoms with van der Waals surface area (Å²) in [6.07, 6.45) is 1.98. The summed E-state index contributed by atoms with van der Waals surface area (Å²) in [6, 6.07) is 14.7. The molecule has 1 atom stereocenters. The molecule has 0 amide bonds. The van der Waals surface area contributed by atoms with Crippen LogP contribution >= 0.6 is 0 Å². The smallest absolute Gasteiger partial charge is 0.191 e. The normalized spacial score (nSPS) is 15.9. The van der Waals surface area contributed by atoms with Gasteiger partial charge in [-0.2, -0.15) is 0 Å². The third kappa shape index (κ3) is 8.13. The van der Waals surface area contributed by atoms with Gasteiger partial charge < -0.3 is 24.8 Å². The van der Waals surface area contributed by atoms with Gasteiger partial charge in [0.25, 0.3) is 0 Å². The number of benzene rings is 2. The van der Waals surface area contributed by atoms with E-state index in [1.54, 1.807) is 18.2 Å². The van der Waals surface area contributed by atoms with Crippen molar-refractivity contribution in [1.82, 2.24) is 10.6 Å². The van der Waals surface area contributed by atoms with Crippen LogP contribution in [0.2, 0.25) is 0 Å². The van der Waals surface area contributed by atoms with Crippen molar-refractivity contribution in [1.29, 1.82) is 0 Å². The Balaban J connectivity index is 1.49. The predicted octanol–water partition coefficient (Wildman–Crippen LogP) is 4.04. The lowest BCUT2D eigenvalue weighted by atomic mass is 10.1. The average Bonchev–Trinajstić information content (AvgIpc) is 2.82. The molecule has 6 nitrogen and oxygen atoms in total. The predicted molar refractivity (Wildman–Crippen MR) is 124 cm³/mol. The van der Waals surface area contributed by atoms with Crippen molar-refractivity contribution in [3.8, 4) is 5.75 Å². The van der Waals surface area contributed by atoms with Crippen LogP contribution in [0.1, 0.15) is 37.8 Å². The fourth-order valence-corrected chi connectivity index (χ4v) is 3.43.